The highest BCUT2D eigenvalue weighted by molar-refractivity contribution is 7.92. The Labute approximate surface area is 173 Å². The van der Waals surface area contributed by atoms with E-state index < -0.39 is 10.0 Å². The van der Waals surface area contributed by atoms with E-state index >= 15 is 0 Å². The van der Waals surface area contributed by atoms with E-state index in [0.29, 0.717) is 24.5 Å². The molecule has 0 saturated heterocycles. The standard InChI is InChI=1S/C22H30N2O4S/c1-6-21(18-9-8-16(3)17(4)14-18)23-22(25)15-24(29(5,26)27)19-10-12-20(13-11-19)28-7-2/h8-14,21H,6-7,15H2,1-5H3,(H,23,25). The topological polar surface area (TPSA) is 75.7 Å². The summed E-state index contributed by atoms with van der Waals surface area (Å²) in [5.74, 6) is 0.296. The third-order valence-corrected chi connectivity index (χ3v) is 5.94. The molecule has 0 bridgehead atoms. The fraction of sp³-hybridized carbons (Fsp3) is 0.409. The average molecular weight is 419 g/mol. The molecule has 0 radical (unpaired) electrons. The number of hydrogen-bond acceptors (Lipinski definition) is 4. The summed E-state index contributed by atoms with van der Waals surface area (Å²) in [7, 11) is -3.63. The third kappa shape index (κ3) is 6.22. The van der Waals surface area contributed by atoms with Crippen molar-refractivity contribution in [3.8, 4) is 5.75 Å². The second-order valence-corrected chi connectivity index (χ2v) is 8.98. The molecule has 0 saturated carbocycles. The Morgan fingerprint density at radius 2 is 1.72 bits per heavy atom. The van der Waals surface area contributed by atoms with Crippen molar-refractivity contribution in [3.05, 3.63) is 59.2 Å². The van der Waals surface area contributed by atoms with Crippen LogP contribution in [0.25, 0.3) is 0 Å². The van der Waals surface area contributed by atoms with Crippen LogP contribution in [0.5, 0.6) is 5.75 Å². The van der Waals surface area contributed by atoms with Gasteiger partial charge < -0.3 is 10.1 Å². The molecule has 0 heterocycles. The Hall–Kier alpha value is -2.54. The Balaban J connectivity index is 2.17. The zero-order valence-electron chi connectivity index (χ0n) is 17.7. The fourth-order valence-electron chi connectivity index (χ4n) is 3.05. The van der Waals surface area contributed by atoms with Crippen molar-refractivity contribution in [2.24, 2.45) is 0 Å². The van der Waals surface area contributed by atoms with Crippen LogP contribution in [0.4, 0.5) is 5.69 Å². The van der Waals surface area contributed by atoms with Crippen molar-refractivity contribution in [2.45, 2.75) is 40.2 Å². The lowest BCUT2D eigenvalue weighted by Gasteiger charge is -2.24. The second-order valence-electron chi connectivity index (χ2n) is 7.07. The molecule has 0 aliphatic heterocycles. The molecule has 158 valence electrons. The van der Waals surface area contributed by atoms with Crippen LogP contribution in [0.1, 0.15) is 43.0 Å². The zero-order chi connectivity index (χ0) is 21.6. The van der Waals surface area contributed by atoms with Crippen molar-refractivity contribution < 1.29 is 17.9 Å². The lowest BCUT2D eigenvalue weighted by molar-refractivity contribution is -0.120. The number of ether oxygens (including phenoxy) is 1. The zero-order valence-corrected chi connectivity index (χ0v) is 18.5. The van der Waals surface area contributed by atoms with Gasteiger partial charge in [-0.1, -0.05) is 25.1 Å². The van der Waals surface area contributed by atoms with Crippen LogP contribution in [-0.4, -0.2) is 33.7 Å². The highest BCUT2D eigenvalue weighted by atomic mass is 32.2. The molecule has 7 heteroatoms. The van der Waals surface area contributed by atoms with Gasteiger partial charge in [-0.05, 0) is 68.1 Å². The molecule has 0 spiro atoms. The van der Waals surface area contributed by atoms with E-state index in [1.165, 1.54) is 5.56 Å². The van der Waals surface area contributed by atoms with Gasteiger partial charge in [0.2, 0.25) is 15.9 Å². The van der Waals surface area contributed by atoms with Gasteiger partial charge in [0, 0.05) is 0 Å². The van der Waals surface area contributed by atoms with Crippen LogP contribution in [0.3, 0.4) is 0 Å². The SMILES string of the molecule is CCOc1ccc(N(CC(=O)NC(CC)c2ccc(C)c(C)c2)S(C)(=O)=O)cc1. The van der Waals surface area contributed by atoms with Crippen LogP contribution in [-0.2, 0) is 14.8 Å². The maximum absolute atomic E-state index is 12.7. The predicted octanol–water partition coefficient (Wildman–Crippen LogP) is 3.74. The summed E-state index contributed by atoms with van der Waals surface area (Å²) in [6.45, 7) is 8.18. The molecule has 2 rings (SSSR count). The number of carbonyl (C=O) groups is 1. The minimum Gasteiger partial charge on any atom is -0.494 e. The van der Waals surface area contributed by atoms with Gasteiger partial charge in [-0.25, -0.2) is 8.42 Å². The number of aryl methyl sites for hydroxylation is 2. The summed E-state index contributed by atoms with van der Waals surface area (Å²) in [6, 6.07) is 12.6. The maximum atomic E-state index is 12.7. The van der Waals surface area contributed by atoms with Gasteiger partial charge in [0.05, 0.1) is 24.6 Å². The van der Waals surface area contributed by atoms with E-state index in [2.05, 4.69) is 11.4 Å². The molecule has 2 aromatic rings. The summed E-state index contributed by atoms with van der Waals surface area (Å²) in [6.07, 6.45) is 1.80. The van der Waals surface area contributed by atoms with Gasteiger partial charge in [0.25, 0.3) is 0 Å². The van der Waals surface area contributed by atoms with E-state index in [1.807, 2.05) is 39.8 Å². The largest absolute Gasteiger partial charge is 0.494 e. The van der Waals surface area contributed by atoms with E-state index in [0.717, 1.165) is 21.7 Å². The van der Waals surface area contributed by atoms with Crippen LogP contribution in [0, 0.1) is 13.8 Å². The van der Waals surface area contributed by atoms with Crippen molar-refractivity contribution in [3.63, 3.8) is 0 Å². The fourth-order valence-corrected chi connectivity index (χ4v) is 3.90. The quantitative estimate of drug-likeness (QED) is 0.673. The molecular weight excluding hydrogens is 388 g/mol. The number of carbonyl (C=O) groups excluding carboxylic acids is 1. The number of rotatable bonds is 9. The molecular formula is C22H30N2O4S. The first-order valence-electron chi connectivity index (χ1n) is 9.72. The lowest BCUT2D eigenvalue weighted by Crippen LogP contribution is -2.41. The van der Waals surface area contributed by atoms with E-state index in [4.69, 9.17) is 4.74 Å². The Morgan fingerprint density at radius 3 is 2.24 bits per heavy atom. The van der Waals surface area contributed by atoms with Crippen molar-refractivity contribution in [1.29, 1.82) is 0 Å². The van der Waals surface area contributed by atoms with E-state index in [-0.39, 0.29) is 18.5 Å². The molecule has 29 heavy (non-hydrogen) atoms. The highest BCUT2D eigenvalue weighted by Gasteiger charge is 2.22. The summed E-state index contributed by atoms with van der Waals surface area (Å²) in [5.41, 5.74) is 3.78. The molecule has 0 aromatic heterocycles. The number of sulfonamides is 1. The highest BCUT2D eigenvalue weighted by Crippen LogP contribution is 2.23. The summed E-state index contributed by atoms with van der Waals surface area (Å²) >= 11 is 0. The molecule has 0 fully saturated rings. The first kappa shape index (κ1) is 22.7. The molecule has 6 nitrogen and oxygen atoms in total. The van der Waals surface area contributed by atoms with E-state index in [9.17, 15) is 13.2 Å². The molecule has 0 aliphatic rings. The molecule has 2 aromatic carbocycles. The molecule has 1 unspecified atom stereocenters. The van der Waals surface area contributed by atoms with Crippen molar-refractivity contribution in [1.82, 2.24) is 5.32 Å². The van der Waals surface area contributed by atoms with Crippen LogP contribution < -0.4 is 14.4 Å². The van der Waals surface area contributed by atoms with Gasteiger partial charge in [0.1, 0.15) is 12.3 Å². The molecule has 1 atom stereocenters. The van der Waals surface area contributed by atoms with Gasteiger partial charge in [-0.15, -0.1) is 0 Å². The first-order chi connectivity index (χ1) is 13.7. The Kier molecular flexibility index (Phi) is 7.67. The Morgan fingerprint density at radius 1 is 1.07 bits per heavy atom. The number of nitrogens with one attached hydrogen (secondary N) is 1. The molecule has 1 N–H and O–H groups in total. The van der Waals surface area contributed by atoms with Gasteiger partial charge in [-0.2, -0.15) is 0 Å². The lowest BCUT2D eigenvalue weighted by atomic mass is 9.99. The van der Waals surface area contributed by atoms with Crippen LogP contribution in [0.15, 0.2) is 42.5 Å². The minimum absolute atomic E-state index is 0.177. The van der Waals surface area contributed by atoms with Crippen LogP contribution >= 0.6 is 0 Å². The normalized spacial score (nSPS) is 12.3. The van der Waals surface area contributed by atoms with Crippen molar-refractivity contribution >= 4 is 21.6 Å². The number of hydrogen-bond donors (Lipinski definition) is 1. The van der Waals surface area contributed by atoms with Crippen molar-refractivity contribution in [2.75, 3.05) is 23.7 Å². The smallest absolute Gasteiger partial charge is 0.241 e. The molecule has 0 aliphatic carbocycles. The van der Waals surface area contributed by atoms with Gasteiger partial charge >= 0.3 is 0 Å². The number of amides is 1. The number of benzene rings is 2. The van der Waals surface area contributed by atoms with Gasteiger partial charge in [-0.3, -0.25) is 9.10 Å². The molecule has 1 amide bonds. The summed E-state index contributed by atoms with van der Waals surface area (Å²) < 4.78 is 31.1. The minimum atomic E-state index is -3.63. The average Bonchev–Trinajstić information content (AvgIpc) is 2.66. The summed E-state index contributed by atoms with van der Waals surface area (Å²) in [5, 5.41) is 2.96. The van der Waals surface area contributed by atoms with E-state index in [1.54, 1.807) is 24.3 Å². The monoisotopic (exact) mass is 418 g/mol. The maximum Gasteiger partial charge on any atom is 0.241 e. The third-order valence-electron chi connectivity index (χ3n) is 4.80. The van der Waals surface area contributed by atoms with Crippen LogP contribution in [0.2, 0.25) is 0 Å². The van der Waals surface area contributed by atoms with Gasteiger partial charge in [0.15, 0.2) is 0 Å². The first-order valence-corrected chi connectivity index (χ1v) is 11.6. The predicted molar refractivity (Wildman–Crippen MR) is 117 cm³/mol. The summed E-state index contributed by atoms with van der Waals surface area (Å²) in [4.78, 5) is 12.7. The number of nitrogens with zero attached hydrogens (tertiary/aromatic N) is 1. The number of anilines is 1. The second kappa shape index (κ2) is 9.78. The Bertz CT molecular complexity index is 940.